The normalized spacial score (nSPS) is 20.9. The van der Waals surface area contributed by atoms with E-state index in [0.717, 1.165) is 5.56 Å². The predicted molar refractivity (Wildman–Crippen MR) is 99.8 cm³/mol. The summed E-state index contributed by atoms with van der Waals surface area (Å²) >= 11 is 0. The molecule has 0 aromatic heterocycles. The summed E-state index contributed by atoms with van der Waals surface area (Å²) in [7, 11) is -2.66. The van der Waals surface area contributed by atoms with Gasteiger partial charge in [0.25, 0.3) is 0 Å². The van der Waals surface area contributed by atoms with Gasteiger partial charge in [-0.2, -0.15) is 0 Å². The number of sulfone groups is 1. The largest absolute Gasteiger partial charge is 0.469 e. The van der Waals surface area contributed by atoms with Crippen LogP contribution in [-0.2, 0) is 24.1 Å². The number of benzene rings is 1. The van der Waals surface area contributed by atoms with E-state index >= 15 is 0 Å². The summed E-state index contributed by atoms with van der Waals surface area (Å²) in [5.41, 5.74) is 0.144. The van der Waals surface area contributed by atoms with Gasteiger partial charge >= 0.3 is 12.1 Å². The molecule has 0 aliphatic heterocycles. The fraction of sp³-hybridized carbons (Fsp3) is 0.579. The Morgan fingerprint density at radius 1 is 1.15 bits per heavy atom. The van der Waals surface area contributed by atoms with Crippen LogP contribution in [0.15, 0.2) is 29.2 Å². The number of ether oxygens (including phenoxy) is 2. The number of nitrogens with one attached hydrogen (secondary N) is 1. The third kappa shape index (κ3) is 5.00. The topological polar surface area (TPSA) is 98.8 Å². The minimum atomic E-state index is -3.92. The van der Waals surface area contributed by atoms with Crippen molar-refractivity contribution in [3.05, 3.63) is 29.8 Å². The van der Waals surface area contributed by atoms with Gasteiger partial charge in [-0.05, 0) is 52.7 Å². The first-order valence-corrected chi connectivity index (χ1v) is 10.4. The molecule has 150 valence electrons. The van der Waals surface area contributed by atoms with E-state index in [0.29, 0.717) is 12.8 Å². The molecular weight excluding hydrogens is 370 g/mol. The van der Waals surface area contributed by atoms with Gasteiger partial charge in [-0.3, -0.25) is 4.79 Å². The Bertz CT molecular complexity index is 794. The van der Waals surface area contributed by atoms with Gasteiger partial charge in [-0.15, -0.1) is 0 Å². The minimum absolute atomic E-state index is 0.0877. The van der Waals surface area contributed by atoms with Crippen LogP contribution in [0.25, 0.3) is 0 Å². The fourth-order valence-corrected chi connectivity index (χ4v) is 4.89. The van der Waals surface area contributed by atoms with Crippen molar-refractivity contribution in [1.82, 2.24) is 5.32 Å². The first-order chi connectivity index (χ1) is 12.5. The zero-order valence-corrected chi connectivity index (χ0v) is 17.1. The van der Waals surface area contributed by atoms with E-state index in [-0.39, 0.29) is 4.90 Å². The van der Waals surface area contributed by atoms with Crippen LogP contribution in [-0.4, -0.2) is 38.6 Å². The highest BCUT2D eigenvalue weighted by molar-refractivity contribution is 7.92. The second-order valence-electron chi connectivity index (χ2n) is 7.80. The molecule has 0 bridgehead atoms. The summed E-state index contributed by atoms with van der Waals surface area (Å²) < 4.78 is 36.4. The van der Waals surface area contributed by atoms with Gasteiger partial charge in [-0.25, -0.2) is 13.2 Å². The van der Waals surface area contributed by atoms with E-state index < -0.39 is 44.7 Å². The lowest BCUT2D eigenvalue weighted by molar-refractivity contribution is -0.151. The first-order valence-electron chi connectivity index (χ1n) is 8.83. The van der Waals surface area contributed by atoms with Crippen molar-refractivity contribution in [2.24, 2.45) is 11.8 Å². The van der Waals surface area contributed by atoms with Crippen LogP contribution < -0.4 is 5.32 Å². The highest BCUT2D eigenvalue weighted by atomic mass is 32.2. The Hall–Kier alpha value is -2.09. The number of hydrogen-bond acceptors (Lipinski definition) is 6. The van der Waals surface area contributed by atoms with Crippen molar-refractivity contribution in [2.75, 3.05) is 7.11 Å². The molecule has 2 rings (SSSR count). The van der Waals surface area contributed by atoms with Crippen molar-refractivity contribution >= 4 is 21.9 Å². The number of methoxy groups -OCH3 is 1. The quantitative estimate of drug-likeness (QED) is 0.767. The van der Waals surface area contributed by atoms with E-state index in [2.05, 4.69) is 5.32 Å². The van der Waals surface area contributed by atoms with E-state index in [1.807, 2.05) is 6.92 Å². The van der Waals surface area contributed by atoms with Crippen LogP contribution in [0.4, 0.5) is 4.79 Å². The molecule has 3 atom stereocenters. The zero-order chi connectivity index (χ0) is 20.4. The summed E-state index contributed by atoms with van der Waals surface area (Å²) in [4.78, 5) is 24.3. The van der Waals surface area contributed by atoms with E-state index in [4.69, 9.17) is 9.47 Å². The standard InChI is InChI=1S/C19H27NO6S/c1-12-6-8-13(9-7-12)27(23,24)16(20-18(22)26-19(2,3)4)14-10-11-15(14)17(21)25-5/h6-9,14-16H,10-11H2,1-5H3,(H,20,22)/t14-,15-,16?/m1/s1. The molecule has 1 aliphatic carbocycles. The first kappa shape index (κ1) is 21.2. The number of esters is 1. The number of carbonyl (C=O) groups excluding carboxylic acids is 2. The second kappa shape index (κ2) is 7.88. The number of amides is 1. The highest BCUT2D eigenvalue weighted by Crippen LogP contribution is 2.40. The number of alkyl carbamates (subject to hydrolysis) is 1. The molecule has 1 saturated carbocycles. The lowest BCUT2D eigenvalue weighted by atomic mass is 9.73. The molecule has 0 spiro atoms. The van der Waals surface area contributed by atoms with Gasteiger partial charge < -0.3 is 14.8 Å². The van der Waals surface area contributed by atoms with Crippen molar-refractivity contribution in [3.8, 4) is 0 Å². The SMILES string of the molecule is COC(=O)[C@@H]1CC[C@H]1C(NC(=O)OC(C)(C)C)S(=O)(=O)c1ccc(C)cc1. The van der Waals surface area contributed by atoms with Crippen LogP contribution >= 0.6 is 0 Å². The lowest BCUT2D eigenvalue weighted by Gasteiger charge is -2.39. The molecule has 0 radical (unpaired) electrons. The molecular formula is C19H27NO6S. The molecule has 8 heteroatoms. The molecule has 1 unspecified atom stereocenters. The van der Waals surface area contributed by atoms with Crippen LogP contribution in [0.2, 0.25) is 0 Å². The van der Waals surface area contributed by atoms with Gasteiger partial charge in [0, 0.05) is 5.92 Å². The van der Waals surface area contributed by atoms with Crippen LogP contribution in [0.5, 0.6) is 0 Å². The molecule has 0 heterocycles. The van der Waals surface area contributed by atoms with Gasteiger partial charge in [0.2, 0.25) is 0 Å². The Labute approximate surface area is 160 Å². The van der Waals surface area contributed by atoms with Crippen molar-refractivity contribution in [2.45, 2.75) is 56.4 Å². The van der Waals surface area contributed by atoms with E-state index in [1.165, 1.54) is 19.2 Å². The summed E-state index contributed by atoms with van der Waals surface area (Å²) in [5, 5.41) is 1.21. The molecule has 7 nitrogen and oxygen atoms in total. The summed E-state index contributed by atoms with van der Waals surface area (Å²) in [6, 6.07) is 6.38. The average Bonchev–Trinajstić information content (AvgIpc) is 2.51. The molecule has 1 aromatic rings. The molecule has 0 saturated heterocycles. The number of aryl methyl sites for hydroxylation is 1. The van der Waals surface area contributed by atoms with Gasteiger partial charge in [0.15, 0.2) is 9.84 Å². The molecule has 27 heavy (non-hydrogen) atoms. The maximum atomic E-state index is 13.2. The Morgan fingerprint density at radius 2 is 1.74 bits per heavy atom. The number of carbonyl (C=O) groups is 2. The second-order valence-corrected chi connectivity index (χ2v) is 9.87. The molecule has 1 amide bonds. The maximum absolute atomic E-state index is 13.2. The highest BCUT2D eigenvalue weighted by Gasteiger charge is 2.48. The Kier molecular flexibility index (Phi) is 6.19. The van der Waals surface area contributed by atoms with E-state index in [1.54, 1.807) is 32.9 Å². The van der Waals surface area contributed by atoms with Crippen LogP contribution in [0.3, 0.4) is 0 Å². The average molecular weight is 397 g/mol. The van der Waals surface area contributed by atoms with Crippen molar-refractivity contribution in [1.29, 1.82) is 0 Å². The van der Waals surface area contributed by atoms with Crippen molar-refractivity contribution in [3.63, 3.8) is 0 Å². The minimum Gasteiger partial charge on any atom is -0.469 e. The number of rotatable bonds is 5. The smallest absolute Gasteiger partial charge is 0.408 e. The fourth-order valence-electron chi connectivity index (χ4n) is 3.05. The molecule has 1 aromatic carbocycles. The van der Waals surface area contributed by atoms with Crippen LogP contribution in [0.1, 0.15) is 39.2 Å². The molecule has 1 aliphatic rings. The van der Waals surface area contributed by atoms with Crippen molar-refractivity contribution < 1.29 is 27.5 Å². The van der Waals surface area contributed by atoms with Gasteiger partial charge in [-0.1, -0.05) is 17.7 Å². The number of hydrogen-bond donors (Lipinski definition) is 1. The molecule has 1 N–H and O–H groups in total. The summed E-state index contributed by atoms with van der Waals surface area (Å²) in [5.74, 6) is -1.62. The monoisotopic (exact) mass is 397 g/mol. The molecule has 1 fully saturated rings. The Morgan fingerprint density at radius 3 is 2.19 bits per heavy atom. The zero-order valence-electron chi connectivity index (χ0n) is 16.3. The van der Waals surface area contributed by atoms with Gasteiger partial charge in [0.1, 0.15) is 11.0 Å². The summed E-state index contributed by atoms with van der Waals surface area (Å²) in [6.07, 6.45) is 0.178. The maximum Gasteiger partial charge on any atom is 0.408 e. The van der Waals surface area contributed by atoms with Crippen LogP contribution in [0, 0.1) is 18.8 Å². The third-order valence-electron chi connectivity index (χ3n) is 4.56. The van der Waals surface area contributed by atoms with E-state index in [9.17, 15) is 18.0 Å². The summed E-state index contributed by atoms with van der Waals surface area (Å²) in [6.45, 7) is 6.93. The van der Waals surface area contributed by atoms with Gasteiger partial charge in [0.05, 0.1) is 17.9 Å². The predicted octanol–water partition coefficient (Wildman–Crippen LogP) is 2.82. The lowest BCUT2D eigenvalue weighted by Crippen LogP contribution is -2.54. The third-order valence-corrected chi connectivity index (χ3v) is 6.63. The Balaban J connectivity index is 2.35.